The Hall–Kier alpha value is -2.31. The predicted octanol–water partition coefficient (Wildman–Crippen LogP) is 1.81. The van der Waals surface area contributed by atoms with Gasteiger partial charge in [0, 0.05) is 39.1 Å². The van der Waals surface area contributed by atoms with Crippen molar-refractivity contribution in [2.24, 2.45) is 5.92 Å². The molecule has 3 amide bonds. The molecule has 2 fully saturated rings. The Morgan fingerprint density at radius 2 is 2.08 bits per heavy atom. The van der Waals surface area contributed by atoms with Crippen molar-refractivity contribution < 1.29 is 18.7 Å². The molecule has 1 aromatic rings. The number of urea groups is 1. The molecule has 2 heterocycles. The van der Waals surface area contributed by atoms with Crippen LogP contribution in [0.5, 0.6) is 5.75 Å². The summed E-state index contributed by atoms with van der Waals surface area (Å²) in [6.07, 6.45) is 1.84. The molecule has 2 aliphatic heterocycles. The maximum atomic E-state index is 13.6. The van der Waals surface area contributed by atoms with Gasteiger partial charge >= 0.3 is 6.03 Å². The van der Waals surface area contributed by atoms with Crippen LogP contribution in [0.4, 0.5) is 9.18 Å². The minimum absolute atomic E-state index is 0.0285. The summed E-state index contributed by atoms with van der Waals surface area (Å²) in [5.41, 5.74) is 0. The number of hydrogen-bond donors (Lipinski definition) is 0. The van der Waals surface area contributed by atoms with Gasteiger partial charge in [0.25, 0.3) is 0 Å². The van der Waals surface area contributed by atoms with Gasteiger partial charge in [-0.3, -0.25) is 4.79 Å². The number of carbonyl (C=O) groups is 2. The average molecular weight is 349 g/mol. The fraction of sp³-hybridized carbons (Fsp3) is 0.556. The van der Waals surface area contributed by atoms with Gasteiger partial charge in [-0.1, -0.05) is 12.1 Å². The summed E-state index contributed by atoms with van der Waals surface area (Å²) in [6.45, 7) is 3.05. The minimum Gasteiger partial charge on any atom is -0.490 e. The number of hydrogen-bond acceptors (Lipinski definition) is 3. The Balaban J connectivity index is 1.50. The highest BCUT2D eigenvalue weighted by Crippen LogP contribution is 2.21. The lowest BCUT2D eigenvalue weighted by atomic mass is 9.99. The zero-order valence-corrected chi connectivity index (χ0v) is 14.5. The lowest BCUT2D eigenvalue weighted by molar-refractivity contribution is -0.133. The molecule has 2 saturated heterocycles. The Morgan fingerprint density at radius 1 is 1.28 bits per heavy atom. The SMILES string of the molecule is CN1CCN(CC(=O)N2CCC[C@@H](COc3ccccc3F)C2)C1=O. The average Bonchev–Trinajstić information content (AvgIpc) is 2.93. The second-order valence-corrected chi connectivity index (χ2v) is 6.72. The largest absolute Gasteiger partial charge is 0.490 e. The first kappa shape index (κ1) is 17.5. The zero-order valence-electron chi connectivity index (χ0n) is 14.5. The van der Waals surface area contributed by atoms with Crippen LogP contribution in [0.2, 0.25) is 0 Å². The standard InChI is InChI=1S/C18H24FN3O3/c1-20-9-10-22(18(20)24)12-17(23)21-8-4-5-14(11-21)13-25-16-7-3-2-6-15(16)19/h2-3,6-7,14H,4-5,8-13H2,1H3/t14-/m1/s1. The van der Waals surface area contributed by atoms with E-state index < -0.39 is 0 Å². The van der Waals surface area contributed by atoms with E-state index in [2.05, 4.69) is 0 Å². The quantitative estimate of drug-likeness (QED) is 0.815. The summed E-state index contributed by atoms with van der Waals surface area (Å²) in [5, 5.41) is 0. The van der Waals surface area contributed by atoms with Crippen LogP contribution in [0.3, 0.4) is 0 Å². The van der Waals surface area contributed by atoms with Gasteiger partial charge in [-0.25, -0.2) is 9.18 Å². The zero-order chi connectivity index (χ0) is 17.8. The van der Waals surface area contributed by atoms with Crippen LogP contribution in [-0.2, 0) is 4.79 Å². The lowest BCUT2D eigenvalue weighted by Gasteiger charge is -2.33. The first-order chi connectivity index (χ1) is 12.0. The second kappa shape index (κ2) is 7.72. The molecule has 3 rings (SSSR count). The van der Waals surface area contributed by atoms with E-state index in [0.717, 1.165) is 12.8 Å². The molecule has 136 valence electrons. The van der Waals surface area contributed by atoms with Gasteiger partial charge in [0.1, 0.15) is 6.54 Å². The number of carbonyl (C=O) groups excluding carboxylic acids is 2. The van der Waals surface area contributed by atoms with E-state index in [1.54, 1.807) is 39.9 Å². The van der Waals surface area contributed by atoms with Crippen LogP contribution >= 0.6 is 0 Å². The maximum absolute atomic E-state index is 13.6. The molecule has 2 aliphatic rings. The van der Waals surface area contributed by atoms with Crippen LogP contribution in [-0.4, -0.2) is 73.0 Å². The van der Waals surface area contributed by atoms with Crippen molar-refractivity contribution in [2.45, 2.75) is 12.8 Å². The first-order valence-corrected chi connectivity index (χ1v) is 8.69. The van der Waals surface area contributed by atoms with Gasteiger partial charge in [0.2, 0.25) is 5.91 Å². The Kier molecular flexibility index (Phi) is 5.40. The minimum atomic E-state index is -0.372. The molecule has 0 aromatic heterocycles. The van der Waals surface area contributed by atoms with Crippen molar-refractivity contribution in [3.05, 3.63) is 30.1 Å². The molecular weight excluding hydrogens is 325 g/mol. The topological polar surface area (TPSA) is 53.1 Å². The van der Waals surface area contributed by atoms with E-state index in [1.165, 1.54) is 6.07 Å². The van der Waals surface area contributed by atoms with Crippen molar-refractivity contribution in [3.63, 3.8) is 0 Å². The van der Waals surface area contributed by atoms with E-state index in [9.17, 15) is 14.0 Å². The highest BCUT2D eigenvalue weighted by atomic mass is 19.1. The fourth-order valence-corrected chi connectivity index (χ4v) is 3.31. The molecule has 1 aromatic carbocycles. The Morgan fingerprint density at radius 3 is 2.80 bits per heavy atom. The van der Waals surface area contributed by atoms with E-state index >= 15 is 0 Å². The van der Waals surface area contributed by atoms with Crippen molar-refractivity contribution in [1.29, 1.82) is 0 Å². The summed E-state index contributed by atoms with van der Waals surface area (Å²) < 4.78 is 19.2. The number of likely N-dealkylation sites (tertiary alicyclic amines) is 1. The molecule has 0 saturated carbocycles. The summed E-state index contributed by atoms with van der Waals surface area (Å²) >= 11 is 0. The molecular formula is C18H24FN3O3. The van der Waals surface area contributed by atoms with Crippen LogP contribution < -0.4 is 4.74 Å². The van der Waals surface area contributed by atoms with E-state index in [0.29, 0.717) is 32.8 Å². The molecule has 0 spiro atoms. The van der Waals surface area contributed by atoms with Gasteiger partial charge < -0.3 is 19.4 Å². The third-order valence-electron chi connectivity index (χ3n) is 4.81. The lowest BCUT2D eigenvalue weighted by Crippen LogP contribution is -2.46. The number of rotatable bonds is 5. The number of halogens is 1. The second-order valence-electron chi connectivity index (χ2n) is 6.72. The number of para-hydroxylation sites is 1. The van der Waals surface area contributed by atoms with Gasteiger partial charge in [-0.2, -0.15) is 0 Å². The van der Waals surface area contributed by atoms with Crippen molar-refractivity contribution >= 4 is 11.9 Å². The Labute approximate surface area is 147 Å². The van der Waals surface area contributed by atoms with Gasteiger partial charge in [-0.15, -0.1) is 0 Å². The van der Waals surface area contributed by atoms with E-state index in [-0.39, 0.29) is 36.0 Å². The summed E-state index contributed by atoms with van der Waals surface area (Å²) in [6, 6.07) is 6.25. The summed E-state index contributed by atoms with van der Waals surface area (Å²) in [5.74, 6) is 0.0214. The fourth-order valence-electron chi connectivity index (χ4n) is 3.31. The highest BCUT2D eigenvalue weighted by Gasteiger charge is 2.30. The summed E-state index contributed by atoms with van der Waals surface area (Å²) in [7, 11) is 1.74. The van der Waals surface area contributed by atoms with Crippen LogP contribution in [0, 0.1) is 11.7 Å². The van der Waals surface area contributed by atoms with Crippen molar-refractivity contribution in [2.75, 3.05) is 46.4 Å². The number of nitrogens with zero attached hydrogens (tertiary/aromatic N) is 3. The van der Waals surface area contributed by atoms with E-state index in [4.69, 9.17) is 4.74 Å². The molecule has 0 radical (unpaired) electrons. The molecule has 0 aliphatic carbocycles. The molecule has 7 heteroatoms. The number of likely N-dealkylation sites (N-methyl/N-ethyl adjacent to an activating group) is 1. The molecule has 0 N–H and O–H groups in total. The smallest absolute Gasteiger partial charge is 0.320 e. The number of amides is 3. The number of ether oxygens (including phenoxy) is 1. The maximum Gasteiger partial charge on any atom is 0.320 e. The predicted molar refractivity (Wildman–Crippen MR) is 90.8 cm³/mol. The van der Waals surface area contributed by atoms with Crippen LogP contribution in [0.15, 0.2) is 24.3 Å². The molecule has 1 atom stereocenters. The molecule has 0 bridgehead atoms. The summed E-state index contributed by atoms with van der Waals surface area (Å²) in [4.78, 5) is 29.4. The van der Waals surface area contributed by atoms with Gasteiger partial charge in [0.05, 0.1) is 6.61 Å². The molecule has 6 nitrogen and oxygen atoms in total. The third-order valence-corrected chi connectivity index (χ3v) is 4.81. The van der Waals surface area contributed by atoms with E-state index in [1.807, 2.05) is 0 Å². The third kappa shape index (κ3) is 4.21. The van der Waals surface area contributed by atoms with Crippen molar-refractivity contribution in [3.8, 4) is 5.75 Å². The van der Waals surface area contributed by atoms with Crippen LogP contribution in [0.25, 0.3) is 0 Å². The highest BCUT2D eigenvalue weighted by molar-refractivity contribution is 5.85. The molecule has 0 unspecified atom stereocenters. The number of benzene rings is 1. The van der Waals surface area contributed by atoms with Crippen molar-refractivity contribution in [1.82, 2.24) is 14.7 Å². The normalized spacial score (nSPS) is 21.0. The first-order valence-electron chi connectivity index (χ1n) is 8.69. The van der Waals surface area contributed by atoms with Gasteiger partial charge in [-0.05, 0) is 25.0 Å². The monoisotopic (exact) mass is 349 g/mol. The molecule has 25 heavy (non-hydrogen) atoms. The van der Waals surface area contributed by atoms with Gasteiger partial charge in [0.15, 0.2) is 11.6 Å². The van der Waals surface area contributed by atoms with Crippen LogP contribution in [0.1, 0.15) is 12.8 Å². The Bertz CT molecular complexity index is 640. The number of piperidine rings is 1.